The number of aliphatic hydroxyl groups is 1. The molecule has 1 amide bonds. The number of ether oxygens (including phenoxy) is 1. The molecule has 3 aromatic carbocycles. The van der Waals surface area contributed by atoms with E-state index < -0.39 is 23.5 Å². The van der Waals surface area contributed by atoms with E-state index in [1.54, 1.807) is 36.4 Å². The molecule has 0 radical (unpaired) electrons. The zero-order valence-corrected chi connectivity index (χ0v) is 17.0. The van der Waals surface area contributed by atoms with Gasteiger partial charge in [0.25, 0.3) is 11.7 Å². The lowest BCUT2D eigenvalue weighted by Gasteiger charge is -2.25. The summed E-state index contributed by atoms with van der Waals surface area (Å²) in [7, 11) is 1.54. The fourth-order valence-electron chi connectivity index (χ4n) is 3.67. The van der Waals surface area contributed by atoms with Crippen LogP contribution in [0.2, 0.25) is 0 Å². The molecule has 1 fully saturated rings. The van der Waals surface area contributed by atoms with Gasteiger partial charge in [0.15, 0.2) is 0 Å². The van der Waals surface area contributed by atoms with Crippen molar-refractivity contribution in [1.82, 2.24) is 0 Å². The van der Waals surface area contributed by atoms with Gasteiger partial charge in [0.2, 0.25) is 0 Å². The number of methoxy groups -OCH3 is 1. The summed E-state index contributed by atoms with van der Waals surface area (Å²) in [4.78, 5) is 27.3. The summed E-state index contributed by atoms with van der Waals surface area (Å²) >= 11 is 0. The lowest BCUT2D eigenvalue weighted by atomic mass is 9.95. The molecular weight excluding hydrogens is 397 g/mol. The molecule has 6 heteroatoms. The third-order valence-corrected chi connectivity index (χ3v) is 5.31. The maximum Gasteiger partial charge on any atom is 0.300 e. The topological polar surface area (TPSA) is 66.8 Å². The lowest BCUT2D eigenvalue weighted by molar-refractivity contribution is -0.132. The number of aryl methyl sites for hydroxylation is 1. The van der Waals surface area contributed by atoms with Crippen LogP contribution in [-0.2, 0) is 9.59 Å². The Hall–Kier alpha value is -3.93. The van der Waals surface area contributed by atoms with E-state index in [4.69, 9.17) is 4.74 Å². The van der Waals surface area contributed by atoms with Crippen LogP contribution in [0.25, 0.3) is 5.76 Å². The highest BCUT2D eigenvalue weighted by molar-refractivity contribution is 6.51. The van der Waals surface area contributed by atoms with Crippen molar-refractivity contribution in [2.24, 2.45) is 0 Å². The van der Waals surface area contributed by atoms with Gasteiger partial charge in [-0.1, -0.05) is 42.0 Å². The van der Waals surface area contributed by atoms with E-state index in [0.717, 1.165) is 5.56 Å². The number of Topliss-reactive ketones (excluding diaryl/α,β-unsaturated/α-hetero) is 1. The minimum Gasteiger partial charge on any atom is -0.507 e. The first-order valence-electron chi connectivity index (χ1n) is 9.68. The number of ketones is 1. The second kappa shape index (κ2) is 8.07. The predicted molar refractivity (Wildman–Crippen MR) is 115 cm³/mol. The quantitative estimate of drug-likeness (QED) is 0.377. The van der Waals surface area contributed by atoms with Gasteiger partial charge < -0.3 is 9.84 Å². The van der Waals surface area contributed by atoms with Crippen LogP contribution in [0.1, 0.15) is 22.7 Å². The summed E-state index contributed by atoms with van der Waals surface area (Å²) in [6.07, 6.45) is 0. The molecule has 0 spiro atoms. The van der Waals surface area contributed by atoms with Gasteiger partial charge in [-0.05, 0) is 48.9 Å². The van der Waals surface area contributed by atoms with Crippen molar-refractivity contribution in [3.63, 3.8) is 0 Å². The Kier molecular flexibility index (Phi) is 5.29. The molecule has 1 saturated heterocycles. The maximum atomic E-state index is 13.5. The highest BCUT2D eigenvalue weighted by Crippen LogP contribution is 2.42. The fraction of sp³-hybridized carbons (Fsp3) is 0.120. The van der Waals surface area contributed by atoms with Gasteiger partial charge in [-0.2, -0.15) is 0 Å². The average molecular weight is 417 g/mol. The minimum absolute atomic E-state index is 0.0247. The number of carbonyl (C=O) groups excluding carboxylic acids is 2. The Morgan fingerprint density at radius 1 is 0.935 bits per heavy atom. The van der Waals surface area contributed by atoms with Crippen LogP contribution in [-0.4, -0.2) is 23.9 Å². The number of hydrogen-bond donors (Lipinski definition) is 1. The van der Waals surface area contributed by atoms with E-state index in [1.165, 1.54) is 36.3 Å². The second-order valence-corrected chi connectivity index (χ2v) is 7.28. The lowest BCUT2D eigenvalue weighted by Crippen LogP contribution is -2.29. The van der Waals surface area contributed by atoms with E-state index in [0.29, 0.717) is 22.6 Å². The highest BCUT2D eigenvalue weighted by Gasteiger charge is 2.46. The number of aliphatic hydroxyl groups excluding tert-OH is 1. The van der Waals surface area contributed by atoms with Crippen molar-refractivity contribution in [2.45, 2.75) is 13.0 Å². The van der Waals surface area contributed by atoms with Gasteiger partial charge >= 0.3 is 0 Å². The van der Waals surface area contributed by atoms with Gasteiger partial charge in [0.05, 0.1) is 18.7 Å². The Labute approximate surface area is 179 Å². The Bertz CT molecular complexity index is 1170. The van der Waals surface area contributed by atoms with Crippen molar-refractivity contribution in [1.29, 1.82) is 0 Å². The van der Waals surface area contributed by atoms with E-state index in [1.807, 2.05) is 19.1 Å². The molecule has 1 heterocycles. The van der Waals surface area contributed by atoms with Crippen LogP contribution in [0.15, 0.2) is 78.4 Å². The number of halogens is 1. The van der Waals surface area contributed by atoms with Crippen molar-refractivity contribution >= 4 is 23.1 Å². The predicted octanol–water partition coefficient (Wildman–Crippen LogP) is 4.77. The molecule has 1 N–H and O–H groups in total. The smallest absolute Gasteiger partial charge is 0.300 e. The normalized spacial score (nSPS) is 17.8. The molecule has 31 heavy (non-hydrogen) atoms. The summed E-state index contributed by atoms with van der Waals surface area (Å²) in [6.45, 7) is 1.91. The van der Waals surface area contributed by atoms with E-state index >= 15 is 0 Å². The van der Waals surface area contributed by atoms with Crippen LogP contribution < -0.4 is 9.64 Å². The van der Waals surface area contributed by atoms with Gasteiger partial charge in [0.1, 0.15) is 17.3 Å². The van der Waals surface area contributed by atoms with Crippen molar-refractivity contribution < 1.29 is 23.8 Å². The number of rotatable bonds is 4. The summed E-state index contributed by atoms with van der Waals surface area (Å²) in [5.41, 5.74) is 2.37. The first-order valence-corrected chi connectivity index (χ1v) is 9.68. The summed E-state index contributed by atoms with van der Waals surface area (Å²) in [6, 6.07) is 18.3. The Morgan fingerprint density at radius 3 is 2.13 bits per heavy atom. The van der Waals surface area contributed by atoms with Gasteiger partial charge in [-0.15, -0.1) is 0 Å². The highest BCUT2D eigenvalue weighted by atomic mass is 19.1. The van der Waals surface area contributed by atoms with Crippen molar-refractivity contribution in [3.8, 4) is 5.75 Å². The van der Waals surface area contributed by atoms with Crippen LogP contribution in [0, 0.1) is 12.7 Å². The molecule has 3 aromatic rings. The van der Waals surface area contributed by atoms with Crippen molar-refractivity contribution in [2.75, 3.05) is 12.0 Å². The molecular formula is C25H20FNO4. The van der Waals surface area contributed by atoms with Crippen LogP contribution in [0.3, 0.4) is 0 Å². The number of nitrogens with zero attached hydrogens (tertiary/aromatic N) is 1. The second-order valence-electron chi connectivity index (χ2n) is 7.28. The summed E-state index contributed by atoms with van der Waals surface area (Å²) in [5.74, 6) is -1.70. The number of anilines is 1. The SMILES string of the molecule is COc1ccc([C@H]2C(=C(O)c3ccc(C)cc3)C(=O)C(=O)N2c2ccc(F)cc2)cc1. The van der Waals surface area contributed by atoms with E-state index in [-0.39, 0.29) is 11.3 Å². The molecule has 0 bridgehead atoms. The van der Waals surface area contributed by atoms with Crippen LogP contribution in [0.4, 0.5) is 10.1 Å². The molecule has 0 saturated carbocycles. The fourth-order valence-corrected chi connectivity index (χ4v) is 3.67. The number of amides is 1. The van der Waals surface area contributed by atoms with Gasteiger partial charge in [-0.25, -0.2) is 4.39 Å². The molecule has 1 atom stereocenters. The van der Waals surface area contributed by atoms with E-state index in [9.17, 15) is 19.1 Å². The zero-order chi connectivity index (χ0) is 22.1. The zero-order valence-electron chi connectivity index (χ0n) is 17.0. The van der Waals surface area contributed by atoms with Gasteiger partial charge in [0, 0.05) is 11.3 Å². The average Bonchev–Trinajstić information content (AvgIpc) is 3.05. The molecule has 0 unspecified atom stereocenters. The molecule has 4 rings (SSSR count). The molecule has 1 aliphatic rings. The first-order chi connectivity index (χ1) is 14.9. The summed E-state index contributed by atoms with van der Waals surface area (Å²) in [5, 5.41) is 11.0. The van der Waals surface area contributed by atoms with Crippen LogP contribution in [0.5, 0.6) is 5.75 Å². The number of carbonyl (C=O) groups is 2. The third kappa shape index (κ3) is 3.68. The molecule has 0 aliphatic carbocycles. The first kappa shape index (κ1) is 20.3. The minimum atomic E-state index is -0.877. The summed E-state index contributed by atoms with van der Waals surface area (Å²) < 4.78 is 18.7. The third-order valence-electron chi connectivity index (χ3n) is 5.31. The monoisotopic (exact) mass is 417 g/mol. The molecule has 0 aromatic heterocycles. The van der Waals surface area contributed by atoms with E-state index in [2.05, 4.69) is 0 Å². The Morgan fingerprint density at radius 2 is 1.55 bits per heavy atom. The number of benzene rings is 3. The molecule has 5 nitrogen and oxygen atoms in total. The molecule has 1 aliphatic heterocycles. The number of hydrogen-bond acceptors (Lipinski definition) is 4. The largest absolute Gasteiger partial charge is 0.507 e. The maximum absolute atomic E-state index is 13.5. The van der Waals surface area contributed by atoms with Crippen molar-refractivity contribution in [3.05, 3.63) is 101 Å². The Balaban J connectivity index is 1.92. The standard InChI is InChI=1S/C25H20FNO4/c1-15-3-5-17(6-4-15)23(28)21-22(16-7-13-20(31-2)14-8-16)27(25(30)24(21)29)19-11-9-18(26)10-12-19/h3-14,22,28H,1-2H3/t22-/m0/s1. The van der Waals surface area contributed by atoms with Crippen LogP contribution >= 0.6 is 0 Å². The van der Waals surface area contributed by atoms with Gasteiger partial charge in [-0.3, -0.25) is 14.5 Å². The molecule has 156 valence electrons.